The van der Waals surface area contributed by atoms with Gasteiger partial charge in [0.05, 0.1) is 125 Å². The van der Waals surface area contributed by atoms with Crippen LogP contribution in [0.5, 0.6) is 17.2 Å². The van der Waals surface area contributed by atoms with Gasteiger partial charge in [-0.2, -0.15) is 31.6 Å². The van der Waals surface area contributed by atoms with E-state index in [0.717, 1.165) is 39.8 Å². The van der Waals surface area contributed by atoms with Crippen molar-refractivity contribution in [3.8, 4) is 110 Å². The number of hydrogen-bond donors (Lipinski definition) is 6. The molecule has 7 aromatic heterocycles. The van der Waals surface area contributed by atoms with Crippen molar-refractivity contribution in [1.29, 1.82) is 31.6 Å². The number of nitriles is 6. The minimum atomic E-state index is -0.520. The Morgan fingerprint density at radius 2 is 0.990 bits per heavy atom. The van der Waals surface area contributed by atoms with E-state index < -0.39 is 27.8 Å². The number of fused-ring (bicyclic) bond motifs is 3. The van der Waals surface area contributed by atoms with Crippen molar-refractivity contribution >= 4 is 38.5 Å². The number of carbonyl (C=O) groups is 1. The van der Waals surface area contributed by atoms with Gasteiger partial charge in [-0.05, 0) is 85.6 Å². The molecule has 1 aliphatic heterocycles. The van der Waals surface area contributed by atoms with Crippen LogP contribution in [-0.2, 0) is 6.54 Å². The number of ether oxygens (including phenoxy) is 3. The second-order valence-electron chi connectivity index (χ2n) is 21.1. The second-order valence-corrected chi connectivity index (χ2v) is 22.0. The van der Waals surface area contributed by atoms with E-state index >= 15 is 0 Å². The molecule has 8 heterocycles. The third-order valence-electron chi connectivity index (χ3n) is 14.2. The minimum Gasteiger partial charge on any atom is -0.497 e. The average molecular weight is 1340 g/mol. The zero-order valence-electron chi connectivity index (χ0n) is 52.7. The minimum absolute atomic E-state index is 0.0120. The van der Waals surface area contributed by atoms with Crippen molar-refractivity contribution in [3.05, 3.63) is 231 Å². The number of benzene rings is 5. The highest BCUT2D eigenvalue weighted by Gasteiger charge is 2.19. The molecule has 0 saturated carbocycles. The fourth-order valence-corrected chi connectivity index (χ4v) is 10.3. The summed E-state index contributed by atoms with van der Waals surface area (Å²) in [6.07, 6.45) is 8.97. The largest absolute Gasteiger partial charge is 0.497 e. The van der Waals surface area contributed by atoms with E-state index in [4.69, 9.17) is 45.8 Å². The Morgan fingerprint density at radius 3 is 1.47 bits per heavy atom. The zero-order chi connectivity index (χ0) is 70.5. The van der Waals surface area contributed by atoms with Crippen LogP contribution in [0.2, 0.25) is 0 Å². The first-order valence-electron chi connectivity index (χ1n) is 29.6. The SMILES string of the molecule is CC(C)Cn1cnc2cc(-c3nc[nH]c(=O)c3C#N)ccc21.CCNC(=O)c1ccc(-c2nc[nH]c(=O)c2C#N)cc1.COc1cc(C#N)cc(-c2nc[nH]c(=O)c2C#N)c1.N#Cc1c(-c2ccc3c(c2)OCCCO3)nc[nH]c1=O.N#Cc1c(-c2ccc3scnc3c2)nc[nH]c1=O. The number of aromatic amines is 5. The summed E-state index contributed by atoms with van der Waals surface area (Å²) in [5.74, 6) is 2.08. The van der Waals surface area contributed by atoms with E-state index in [2.05, 4.69) is 83.5 Å². The number of amides is 1. The number of nitrogens with one attached hydrogen (secondary N) is 6. The van der Waals surface area contributed by atoms with Gasteiger partial charge in [0.25, 0.3) is 33.7 Å². The molecule has 6 N–H and O–H groups in total. The molecule has 0 fully saturated rings. The topological polar surface area (TPSA) is 459 Å². The van der Waals surface area contributed by atoms with E-state index in [1.165, 1.54) is 50.1 Å². The lowest BCUT2D eigenvalue weighted by atomic mass is 10.0. The van der Waals surface area contributed by atoms with Crippen LogP contribution in [0, 0.1) is 73.9 Å². The van der Waals surface area contributed by atoms with Gasteiger partial charge in [-0.1, -0.05) is 38.1 Å². The van der Waals surface area contributed by atoms with E-state index in [1.54, 1.807) is 66.2 Å². The zero-order valence-corrected chi connectivity index (χ0v) is 53.6. The summed E-state index contributed by atoms with van der Waals surface area (Å²) < 4.78 is 19.4. The Balaban J connectivity index is 0.000000145. The highest BCUT2D eigenvalue weighted by molar-refractivity contribution is 7.16. The molecule has 0 aliphatic carbocycles. The fraction of sp³-hybridized carbons (Fsp3) is 0.145. The molecule has 99 heavy (non-hydrogen) atoms. The Bertz CT molecular complexity index is 5590. The van der Waals surface area contributed by atoms with Crippen LogP contribution < -0.4 is 47.3 Å². The standard InChI is InChI=1S/C16H15N5O.C14H12N4O2.C14H11N3O3.C13H8N4O2.C12H6N4OS/c1-10(2)7-21-9-20-13-5-11(3-4-14(13)21)15-12(6-17)16(22)19-8-18-15;1-2-16-13(19)10-5-3-9(4-6-10)12-11(7-15)14(20)18-8-17-12;15-7-10-13(16-8-17-14(10)18)9-2-3-11-12(6-9)20-5-1-4-19-11;1-19-10-3-8(5-14)2-9(4-10)12-11(6-15)13(18)17-7-16-12;13-4-8-11(14-5-15-12(8)17)7-1-2-10-9(3-7)16-6-18-10/h3-5,8-10H,7H2,1-2H3,(H,18,19,22);3-6,8H,2H2,1H3,(H,16,19)(H,17,18,20);2-3,6,8H,1,4-5H2,(H,16,17,18);2-4,7H,1H3,(H,16,17,18);1-3,5-6H,(H,14,15,17). The summed E-state index contributed by atoms with van der Waals surface area (Å²) in [7, 11) is 1.47. The van der Waals surface area contributed by atoms with Gasteiger partial charge >= 0.3 is 0 Å². The van der Waals surface area contributed by atoms with Crippen LogP contribution in [0.1, 0.15) is 70.9 Å². The van der Waals surface area contributed by atoms with Gasteiger partial charge in [-0.15, -0.1) is 11.3 Å². The Morgan fingerprint density at radius 1 is 0.535 bits per heavy atom. The number of hydrogen-bond acceptors (Lipinski definition) is 23. The first-order chi connectivity index (χ1) is 48.0. The number of H-pyrrole nitrogens is 5. The summed E-state index contributed by atoms with van der Waals surface area (Å²) in [5.41, 5.74) is 7.70. The number of imidazole rings is 1. The van der Waals surface area contributed by atoms with Gasteiger partial charge in [0, 0.05) is 52.9 Å². The van der Waals surface area contributed by atoms with Crippen molar-refractivity contribution in [2.75, 3.05) is 26.9 Å². The number of methoxy groups -OCH3 is 1. The summed E-state index contributed by atoms with van der Waals surface area (Å²) in [4.78, 5) is 110. The summed E-state index contributed by atoms with van der Waals surface area (Å²) in [5, 5.41) is 56.9. The number of thiazole rings is 1. The monoisotopic (exact) mass is 1340 g/mol. The van der Waals surface area contributed by atoms with Gasteiger partial charge in [0.15, 0.2) is 11.5 Å². The number of carbonyl (C=O) groups excluding carboxylic acids is 1. The van der Waals surface area contributed by atoms with E-state index in [1.807, 2.05) is 86.1 Å². The molecule has 13 rings (SSSR count). The molecule has 30 heteroatoms. The number of rotatable bonds is 10. The van der Waals surface area contributed by atoms with Gasteiger partial charge in [-0.25, -0.2) is 34.9 Å². The maximum absolute atomic E-state index is 11.7. The van der Waals surface area contributed by atoms with E-state index in [0.29, 0.717) is 99.1 Å². The van der Waals surface area contributed by atoms with Crippen LogP contribution in [0.4, 0.5) is 0 Å². The van der Waals surface area contributed by atoms with Crippen LogP contribution in [-0.4, -0.2) is 97.2 Å². The van der Waals surface area contributed by atoms with E-state index in [-0.39, 0.29) is 39.4 Å². The maximum Gasteiger partial charge on any atom is 0.269 e. The van der Waals surface area contributed by atoms with Crippen LogP contribution in [0.15, 0.2) is 165 Å². The Kier molecular flexibility index (Phi) is 22.7. The molecule has 488 valence electrons. The van der Waals surface area contributed by atoms with Crippen LogP contribution in [0.25, 0.3) is 77.5 Å². The van der Waals surface area contributed by atoms with Crippen molar-refractivity contribution in [3.63, 3.8) is 0 Å². The normalized spacial score (nSPS) is 10.8. The van der Waals surface area contributed by atoms with Gasteiger partial charge in [0.2, 0.25) is 0 Å². The lowest BCUT2D eigenvalue weighted by Crippen LogP contribution is -2.22. The smallest absolute Gasteiger partial charge is 0.269 e. The third-order valence-corrected chi connectivity index (χ3v) is 15.0. The lowest BCUT2D eigenvalue weighted by molar-refractivity contribution is 0.0955. The first kappa shape index (κ1) is 69.0. The quantitative estimate of drug-likeness (QED) is 0.0756. The fourth-order valence-electron chi connectivity index (χ4n) is 9.64. The van der Waals surface area contributed by atoms with E-state index in [9.17, 15) is 28.8 Å². The Labute approximate surface area is 563 Å². The maximum atomic E-state index is 11.7. The average Bonchev–Trinajstić information content (AvgIpc) is 1.79. The molecular weight excluding hydrogens is 1280 g/mol. The molecule has 1 aliphatic rings. The van der Waals surface area contributed by atoms with Crippen molar-refractivity contribution < 1.29 is 19.0 Å². The number of aromatic nitrogens is 13. The summed E-state index contributed by atoms with van der Waals surface area (Å²) in [6, 6.07) is 39.1. The molecule has 29 nitrogen and oxygen atoms in total. The molecule has 0 atom stereocenters. The molecule has 5 aromatic carbocycles. The van der Waals surface area contributed by atoms with Gasteiger partial charge in [0.1, 0.15) is 63.9 Å². The molecule has 0 radical (unpaired) electrons. The second kappa shape index (κ2) is 32.5. The molecule has 1 amide bonds. The predicted molar refractivity (Wildman–Crippen MR) is 361 cm³/mol. The van der Waals surface area contributed by atoms with Gasteiger partial charge < -0.3 is 49.0 Å². The lowest BCUT2D eigenvalue weighted by Gasteiger charge is -2.09. The highest BCUT2D eigenvalue weighted by Crippen LogP contribution is 2.34. The molecule has 0 saturated heterocycles. The predicted octanol–water partition coefficient (Wildman–Crippen LogP) is 7.95. The highest BCUT2D eigenvalue weighted by atomic mass is 32.1. The van der Waals surface area contributed by atoms with Gasteiger partial charge in [-0.3, -0.25) is 28.8 Å². The van der Waals surface area contributed by atoms with Crippen molar-refractivity contribution in [2.24, 2.45) is 5.92 Å². The summed E-state index contributed by atoms with van der Waals surface area (Å²) >= 11 is 1.54. The van der Waals surface area contributed by atoms with Crippen molar-refractivity contribution in [2.45, 2.75) is 33.7 Å². The van der Waals surface area contributed by atoms with Crippen LogP contribution in [0.3, 0.4) is 0 Å². The molecule has 0 bridgehead atoms. The van der Waals surface area contributed by atoms with Crippen LogP contribution >= 0.6 is 11.3 Å². The first-order valence-corrected chi connectivity index (χ1v) is 30.5. The molecule has 0 unspecified atom stereocenters. The molecule has 0 spiro atoms. The number of nitrogens with zero attached hydrogens (tertiary/aromatic N) is 14. The third kappa shape index (κ3) is 16.4. The summed E-state index contributed by atoms with van der Waals surface area (Å²) in [6.45, 7) is 8.77. The van der Waals surface area contributed by atoms with Crippen molar-refractivity contribution in [1.82, 2.24) is 69.7 Å². The molecule has 12 aromatic rings. The Hall–Kier alpha value is -14.3. The molecular formula is C69H52N20O9S.